The molecule has 1 aromatic rings. The average Bonchev–Trinajstić information content (AvgIpc) is 2.21. The summed E-state index contributed by atoms with van der Waals surface area (Å²) in [5.74, 6) is 0.621. The van der Waals surface area contributed by atoms with E-state index in [4.69, 9.17) is 5.73 Å². The summed E-state index contributed by atoms with van der Waals surface area (Å²) in [6.45, 7) is 8.67. The van der Waals surface area contributed by atoms with Crippen LogP contribution in [0.25, 0.3) is 0 Å². The fraction of sp³-hybridized carbons (Fsp3) is 0.538. The Hall–Kier alpha value is -0.670. The third-order valence-corrected chi connectivity index (χ3v) is 4.57. The minimum absolute atomic E-state index is 0.0695. The van der Waals surface area contributed by atoms with Crippen LogP contribution in [0.1, 0.15) is 29.2 Å². The molecule has 2 atom stereocenters. The zero-order valence-electron chi connectivity index (χ0n) is 10.5. The van der Waals surface area contributed by atoms with Gasteiger partial charge in [-0.2, -0.15) is 0 Å². The first-order valence-electron chi connectivity index (χ1n) is 5.59. The molecule has 1 rings (SSSR count). The number of hydrogen-bond donors (Lipinski definition) is 1. The fourth-order valence-corrected chi connectivity index (χ4v) is 3.07. The molecule has 3 heteroatoms. The van der Waals surface area contributed by atoms with Crippen LogP contribution in [-0.2, 0) is 16.6 Å². The van der Waals surface area contributed by atoms with E-state index in [1.54, 1.807) is 0 Å². The summed E-state index contributed by atoms with van der Waals surface area (Å²) < 4.78 is 12.0. The lowest BCUT2D eigenvalue weighted by Gasteiger charge is -2.13. The van der Waals surface area contributed by atoms with Crippen LogP contribution in [-0.4, -0.2) is 16.0 Å². The van der Waals surface area contributed by atoms with Crippen LogP contribution >= 0.6 is 0 Å². The van der Waals surface area contributed by atoms with Gasteiger partial charge in [-0.05, 0) is 44.4 Å². The van der Waals surface area contributed by atoms with Crippen molar-refractivity contribution in [3.63, 3.8) is 0 Å². The number of hydrogen-bond acceptors (Lipinski definition) is 2. The highest BCUT2D eigenvalue weighted by atomic mass is 32.2. The zero-order valence-corrected chi connectivity index (χ0v) is 11.4. The van der Waals surface area contributed by atoms with Crippen LogP contribution in [0.5, 0.6) is 0 Å². The van der Waals surface area contributed by atoms with Gasteiger partial charge in [0.1, 0.15) is 0 Å². The normalized spacial score (nSPS) is 14.8. The van der Waals surface area contributed by atoms with Gasteiger partial charge in [0.25, 0.3) is 0 Å². The van der Waals surface area contributed by atoms with Crippen molar-refractivity contribution >= 4 is 10.8 Å². The number of benzene rings is 1. The summed E-state index contributed by atoms with van der Waals surface area (Å²) in [4.78, 5) is 0. The molecule has 16 heavy (non-hydrogen) atoms. The molecule has 0 fully saturated rings. The molecule has 0 heterocycles. The van der Waals surface area contributed by atoms with E-state index in [1.165, 1.54) is 22.3 Å². The molecular weight excluding hydrogens is 218 g/mol. The zero-order chi connectivity index (χ0) is 12.3. The standard InChI is InChI=1S/C13H21NOS/c1-9-5-10(2)13(11(3)6-9)8-16(15)12(4)7-14/h5-6,12H,7-8,14H2,1-4H3. The summed E-state index contributed by atoms with van der Waals surface area (Å²) in [6, 6.07) is 4.29. The Kier molecular flexibility index (Phi) is 4.69. The van der Waals surface area contributed by atoms with Crippen molar-refractivity contribution < 1.29 is 4.21 Å². The van der Waals surface area contributed by atoms with Crippen LogP contribution in [0.2, 0.25) is 0 Å². The summed E-state index contributed by atoms with van der Waals surface area (Å²) in [5, 5.41) is 0.0695. The molecule has 0 aliphatic rings. The molecule has 2 unspecified atom stereocenters. The van der Waals surface area contributed by atoms with Gasteiger partial charge in [-0.15, -0.1) is 0 Å². The second kappa shape index (κ2) is 5.60. The first-order chi connectivity index (χ1) is 7.45. The van der Waals surface area contributed by atoms with E-state index in [0.717, 1.165) is 0 Å². The minimum Gasteiger partial charge on any atom is -0.329 e. The maximum absolute atomic E-state index is 12.0. The molecule has 90 valence electrons. The molecule has 0 amide bonds. The van der Waals surface area contributed by atoms with Crippen molar-refractivity contribution in [3.8, 4) is 0 Å². The Labute approximate surface area is 101 Å². The topological polar surface area (TPSA) is 43.1 Å². The molecule has 1 aromatic carbocycles. The molecule has 0 aliphatic heterocycles. The van der Waals surface area contributed by atoms with Crippen molar-refractivity contribution in [1.82, 2.24) is 0 Å². The van der Waals surface area contributed by atoms with E-state index in [9.17, 15) is 4.21 Å². The Bertz CT molecular complexity index is 378. The van der Waals surface area contributed by atoms with Gasteiger partial charge in [0, 0.05) is 28.3 Å². The number of rotatable bonds is 4. The molecule has 0 aliphatic carbocycles. The van der Waals surface area contributed by atoms with E-state index in [2.05, 4.69) is 32.9 Å². The molecule has 2 N–H and O–H groups in total. The largest absolute Gasteiger partial charge is 0.329 e. The SMILES string of the molecule is Cc1cc(C)c(CS(=O)C(C)CN)c(C)c1. The smallest absolute Gasteiger partial charge is 0.0494 e. The second-order valence-corrected chi connectivity index (χ2v) is 6.30. The third-order valence-electron chi connectivity index (χ3n) is 2.91. The minimum atomic E-state index is -0.868. The van der Waals surface area contributed by atoms with Crippen molar-refractivity contribution in [3.05, 3.63) is 34.4 Å². The lowest BCUT2D eigenvalue weighted by Crippen LogP contribution is -2.23. The highest BCUT2D eigenvalue weighted by molar-refractivity contribution is 7.84. The monoisotopic (exact) mass is 239 g/mol. The van der Waals surface area contributed by atoms with Crippen molar-refractivity contribution in [2.75, 3.05) is 6.54 Å². The molecule has 0 aromatic heterocycles. The number of aryl methyl sites for hydroxylation is 3. The summed E-state index contributed by atoms with van der Waals surface area (Å²) in [5.41, 5.74) is 10.5. The Balaban J connectivity index is 2.93. The Morgan fingerprint density at radius 3 is 2.19 bits per heavy atom. The highest BCUT2D eigenvalue weighted by Crippen LogP contribution is 2.19. The lowest BCUT2D eigenvalue weighted by molar-refractivity contribution is 0.672. The maximum atomic E-state index is 12.0. The Morgan fingerprint density at radius 1 is 1.25 bits per heavy atom. The molecule has 0 saturated heterocycles. The van der Waals surface area contributed by atoms with Gasteiger partial charge in [-0.1, -0.05) is 17.7 Å². The molecular formula is C13H21NOS. The summed E-state index contributed by atoms with van der Waals surface area (Å²) in [6.07, 6.45) is 0. The van der Waals surface area contributed by atoms with Crippen LogP contribution < -0.4 is 5.73 Å². The van der Waals surface area contributed by atoms with Gasteiger partial charge in [0.05, 0.1) is 0 Å². The first-order valence-corrected chi connectivity index (χ1v) is 6.98. The van der Waals surface area contributed by atoms with E-state index in [0.29, 0.717) is 12.3 Å². The first kappa shape index (κ1) is 13.4. The predicted octanol–water partition coefficient (Wildman–Crippen LogP) is 2.21. The second-order valence-electron chi connectivity index (χ2n) is 4.45. The summed E-state index contributed by atoms with van der Waals surface area (Å²) >= 11 is 0. The van der Waals surface area contributed by atoms with E-state index < -0.39 is 10.8 Å². The number of nitrogens with two attached hydrogens (primary N) is 1. The predicted molar refractivity (Wildman–Crippen MR) is 71.0 cm³/mol. The molecule has 2 nitrogen and oxygen atoms in total. The average molecular weight is 239 g/mol. The third kappa shape index (κ3) is 3.16. The molecule has 0 radical (unpaired) electrons. The van der Waals surface area contributed by atoms with E-state index >= 15 is 0 Å². The summed E-state index contributed by atoms with van der Waals surface area (Å²) in [7, 11) is -0.868. The van der Waals surface area contributed by atoms with Crippen molar-refractivity contribution in [1.29, 1.82) is 0 Å². The van der Waals surface area contributed by atoms with Crippen LogP contribution in [0.15, 0.2) is 12.1 Å². The quantitative estimate of drug-likeness (QED) is 0.875. The van der Waals surface area contributed by atoms with Crippen LogP contribution in [0.3, 0.4) is 0 Å². The fourth-order valence-electron chi connectivity index (χ4n) is 1.83. The van der Waals surface area contributed by atoms with Gasteiger partial charge in [0.2, 0.25) is 0 Å². The maximum Gasteiger partial charge on any atom is 0.0494 e. The lowest BCUT2D eigenvalue weighted by atomic mass is 10.0. The van der Waals surface area contributed by atoms with Gasteiger partial charge in [-0.25, -0.2) is 0 Å². The van der Waals surface area contributed by atoms with Gasteiger partial charge < -0.3 is 5.73 Å². The molecule has 0 bridgehead atoms. The van der Waals surface area contributed by atoms with Gasteiger partial charge in [-0.3, -0.25) is 4.21 Å². The van der Waals surface area contributed by atoms with Crippen LogP contribution in [0, 0.1) is 20.8 Å². The van der Waals surface area contributed by atoms with E-state index in [1.807, 2.05) is 6.92 Å². The van der Waals surface area contributed by atoms with Gasteiger partial charge in [0.15, 0.2) is 0 Å². The molecule has 0 saturated carbocycles. The Morgan fingerprint density at radius 2 is 1.75 bits per heavy atom. The molecule has 0 spiro atoms. The van der Waals surface area contributed by atoms with Crippen molar-refractivity contribution in [2.24, 2.45) is 5.73 Å². The van der Waals surface area contributed by atoms with Crippen LogP contribution in [0.4, 0.5) is 0 Å². The van der Waals surface area contributed by atoms with Crippen molar-refractivity contribution in [2.45, 2.75) is 38.7 Å². The highest BCUT2D eigenvalue weighted by Gasteiger charge is 2.13. The van der Waals surface area contributed by atoms with E-state index in [-0.39, 0.29) is 5.25 Å². The van der Waals surface area contributed by atoms with Gasteiger partial charge >= 0.3 is 0 Å².